The summed E-state index contributed by atoms with van der Waals surface area (Å²) in [6.07, 6.45) is 3.22. The van der Waals surface area contributed by atoms with Crippen molar-refractivity contribution in [3.63, 3.8) is 0 Å². The van der Waals surface area contributed by atoms with Gasteiger partial charge >= 0.3 is 0 Å². The van der Waals surface area contributed by atoms with Crippen LogP contribution in [0.2, 0.25) is 5.02 Å². The van der Waals surface area contributed by atoms with Crippen molar-refractivity contribution in [2.45, 2.75) is 33.1 Å². The minimum absolute atomic E-state index is 0.687. The SMILES string of the molecule is CCCNc1nc2c(Cl)cc(Br)cc2cc1CCC. The van der Waals surface area contributed by atoms with E-state index < -0.39 is 0 Å². The van der Waals surface area contributed by atoms with Crippen molar-refractivity contribution in [3.8, 4) is 0 Å². The lowest BCUT2D eigenvalue weighted by atomic mass is 10.1. The lowest BCUT2D eigenvalue weighted by Gasteiger charge is -2.12. The molecule has 4 heteroatoms. The van der Waals surface area contributed by atoms with Gasteiger partial charge in [0.25, 0.3) is 0 Å². The summed E-state index contributed by atoms with van der Waals surface area (Å²) in [6.45, 7) is 5.27. The summed E-state index contributed by atoms with van der Waals surface area (Å²) in [5, 5.41) is 5.18. The Morgan fingerprint density at radius 3 is 2.68 bits per heavy atom. The third-order valence-electron chi connectivity index (χ3n) is 2.98. The first-order valence-corrected chi connectivity index (χ1v) is 7.85. The maximum absolute atomic E-state index is 6.28. The molecule has 1 heterocycles. The minimum atomic E-state index is 0.687. The Morgan fingerprint density at radius 1 is 1.21 bits per heavy atom. The van der Waals surface area contributed by atoms with Crippen molar-refractivity contribution in [1.82, 2.24) is 4.98 Å². The predicted molar refractivity (Wildman–Crippen MR) is 87.2 cm³/mol. The summed E-state index contributed by atoms with van der Waals surface area (Å²) in [5.74, 6) is 0.973. The van der Waals surface area contributed by atoms with Gasteiger partial charge in [0.1, 0.15) is 5.82 Å². The van der Waals surface area contributed by atoms with Gasteiger partial charge in [-0.1, -0.05) is 47.8 Å². The van der Waals surface area contributed by atoms with E-state index in [1.807, 2.05) is 6.07 Å². The van der Waals surface area contributed by atoms with Gasteiger partial charge in [-0.05, 0) is 36.6 Å². The Labute approximate surface area is 127 Å². The number of nitrogens with zero attached hydrogens (tertiary/aromatic N) is 1. The smallest absolute Gasteiger partial charge is 0.129 e. The molecule has 102 valence electrons. The average molecular weight is 342 g/mol. The van der Waals surface area contributed by atoms with Crippen LogP contribution in [-0.4, -0.2) is 11.5 Å². The van der Waals surface area contributed by atoms with Crippen LogP contribution in [0.4, 0.5) is 5.82 Å². The Kier molecular flexibility index (Phi) is 5.06. The molecular formula is C15H18BrClN2. The molecule has 2 aromatic rings. The quantitative estimate of drug-likeness (QED) is 0.785. The number of aromatic nitrogens is 1. The van der Waals surface area contributed by atoms with E-state index >= 15 is 0 Å². The molecule has 1 N–H and O–H groups in total. The van der Waals surface area contributed by atoms with Crippen molar-refractivity contribution >= 4 is 44.3 Å². The van der Waals surface area contributed by atoms with Crippen molar-refractivity contribution in [2.24, 2.45) is 0 Å². The maximum atomic E-state index is 6.28. The number of nitrogens with one attached hydrogen (secondary N) is 1. The number of pyridine rings is 1. The first-order chi connectivity index (χ1) is 9.15. The van der Waals surface area contributed by atoms with E-state index in [1.165, 1.54) is 5.56 Å². The molecule has 0 aliphatic heterocycles. The van der Waals surface area contributed by atoms with Crippen LogP contribution < -0.4 is 5.32 Å². The van der Waals surface area contributed by atoms with Crippen molar-refractivity contribution in [3.05, 3.63) is 33.3 Å². The Morgan fingerprint density at radius 2 is 2.00 bits per heavy atom. The normalized spacial score (nSPS) is 10.9. The monoisotopic (exact) mass is 340 g/mol. The highest BCUT2D eigenvalue weighted by atomic mass is 79.9. The van der Waals surface area contributed by atoms with Crippen LogP contribution in [0.25, 0.3) is 10.9 Å². The number of aryl methyl sites for hydroxylation is 1. The lowest BCUT2D eigenvalue weighted by molar-refractivity contribution is 0.906. The van der Waals surface area contributed by atoms with Crippen molar-refractivity contribution in [2.75, 3.05) is 11.9 Å². The molecule has 0 aliphatic carbocycles. The van der Waals surface area contributed by atoms with E-state index in [0.717, 1.165) is 47.0 Å². The van der Waals surface area contributed by atoms with E-state index in [4.69, 9.17) is 16.6 Å². The number of hydrogen-bond acceptors (Lipinski definition) is 2. The van der Waals surface area contributed by atoms with Gasteiger partial charge in [0.05, 0.1) is 10.5 Å². The van der Waals surface area contributed by atoms with Gasteiger partial charge in [0, 0.05) is 16.4 Å². The topological polar surface area (TPSA) is 24.9 Å². The molecule has 1 aromatic carbocycles. The third-order valence-corrected chi connectivity index (χ3v) is 3.72. The molecule has 0 unspecified atom stereocenters. The third kappa shape index (κ3) is 3.40. The highest BCUT2D eigenvalue weighted by Crippen LogP contribution is 2.30. The van der Waals surface area contributed by atoms with E-state index in [2.05, 4.69) is 47.2 Å². The second kappa shape index (κ2) is 6.58. The largest absolute Gasteiger partial charge is 0.370 e. The molecule has 0 radical (unpaired) electrons. The van der Waals surface area contributed by atoms with Gasteiger partial charge in [0.2, 0.25) is 0 Å². The number of rotatable bonds is 5. The summed E-state index contributed by atoms with van der Waals surface area (Å²) in [6, 6.07) is 6.15. The molecule has 19 heavy (non-hydrogen) atoms. The Bertz CT molecular complexity index is 584. The summed E-state index contributed by atoms with van der Waals surface area (Å²) >= 11 is 9.76. The highest BCUT2D eigenvalue weighted by Gasteiger charge is 2.09. The van der Waals surface area contributed by atoms with Crippen LogP contribution in [-0.2, 0) is 6.42 Å². The van der Waals surface area contributed by atoms with E-state index in [0.29, 0.717) is 5.02 Å². The van der Waals surface area contributed by atoms with Crippen LogP contribution in [0.3, 0.4) is 0 Å². The summed E-state index contributed by atoms with van der Waals surface area (Å²) in [4.78, 5) is 4.71. The van der Waals surface area contributed by atoms with E-state index in [-0.39, 0.29) is 0 Å². The fraction of sp³-hybridized carbons (Fsp3) is 0.400. The van der Waals surface area contributed by atoms with E-state index in [1.54, 1.807) is 0 Å². The van der Waals surface area contributed by atoms with Crippen molar-refractivity contribution in [1.29, 1.82) is 0 Å². The number of benzene rings is 1. The predicted octanol–water partition coefficient (Wildman–Crippen LogP) is 5.43. The number of halogens is 2. The Hall–Kier alpha value is -0.800. The van der Waals surface area contributed by atoms with Crippen LogP contribution in [0, 0.1) is 0 Å². The second-order valence-corrected chi connectivity index (χ2v) is 5.96. The fourth-order valence-electron chi connectivity index (χ4n) is 2.11. The first kappa shape index (κ1) is 14.6. The number of fused-ring (bicyclic) bond motifs is 1. The van der Waals surface area contributed by atoms with E-state index in [9.17, 15) is 0 Å². The van der Waals surface area contributed by atoms with Crippen LogP contribution in [0.15, 0.2) is 22.7 Å². The van der Waals surface area contributed by atoms with Gasteiger partial charge in [-0.2, -0.15) is 0 Å². The molecule has 0 bridgehead atoms. The molecule has 0 atom stereocenters. The molecule has 0 saturated heterocycles. The summed E-state index contributed by atoms with van der Waals surface area (Å²) in [5.41, 5.74) is 2.13. The number of anilines is 1. The second-order valence-electron chi connectivity index (χ2n) is 4.63. The molecule has 2 nitrogen and oxygen atoms in total. The standard InChI is InChI=1S/C15H18BrClN2/c1-3-5-10-7-11-8-12(16)9-13(17)14(11)19-15(10)18-6-4-2/h7-9H,3-6H2,1-2H3,(H,18,19). The zero-order valence-corrected chi connectivity index (χ0v) is 13.6. The fourth-order valence-corrected chi connectivity index (χ4v) is 2.99. The number of hydrogen-bond donors (Lipinski definition) is 1. The molecular weight excluding hydrogens is 324 g/mol. The van der Waals surface area contributed by atoms with Gasteiger partial charge in [-0.25, -0.2) is 4.98 Å². The Balaban J connectivity index is 2.55. The minimum Gasteiger partial charge on any atom is -0.370 e. The molecule has 0 spiro atoms. The van der Waals surface area contributed by atoms with Crippen LogP contribution in [0.5, 0.6) is 0 Å². The molecule has 1 aromatic heterocycles. The van der Waals surface area contributed by atoms with Crippen molar-refractivity contribution < 1.29 is 0 Å². The first-order valence-electron chi connectivity index (χ1n) is 6.68. The highest BCUT2D eigenvalue weighted by molar-refractivity contribution is 9.10. The maximum Gasteiger partial charge on any atom is 0.129 e. The zero-order chi connectivity index (χ0) is 13.8. The molecule has 0 fully saturated rings. The molecule has 0 aliphatic rings. The average Bonchev–Trinajstić information content (AvgIpc) is 2.37. The summed E-state index contributed by atoms with van der Waals surface area (Å²) < 4.78 is 0.989. The molecule has 2 rings (SSSR count). The van der Waals surface area contributed by atoms with Gasteiger partial charge in [-0.3, -0.25) is 0 Å². The molecule has 0 amide bonds. The zero-order valence-electron chi connectivity index (χ0n) is 11.3. The van der Waals surface area contributed by atoms with Gasteiger partial charge in [-0.15, -0.1) is 0 Å². The van der Waals surface area contributed by atoms with Crippen LogP contribution in [0.1, 0.15) is 32.3 Å². The van der Waals surface area contributed by atoms with Crippen LogP contribution >= 0.6 is 27.5 Å². The lowest BCUT2D eigenvalue weighted by Crippen LogP contribution is -2.06. The van der Waals surface area contributed by atoms with Gasteiger partial charge < -0.3 is 5.32 Å². The summed E-state index contributed by atoms with van der Waals surface area (Å²) in [7, 11) is 0. The molecule has 0 saturated carbocycles. The van der Waals surface area contributed by atoms with Gasteiger partial charge in [0.15, 0.2) is 0 Å².